The highest BCUT2D eigenvalue weighted by molar-refractivity contribution is 8.15. The Bertz CT molecular complexity index is 912. The molecule has 1 heterocycles. The van der Waals surface area contributed by atoms with E-state index >= 15 is 0 Å². The van der Waals surface area contributed by atoms with Gasteiger partial charge in [0.15, 0.2) is 10.8 Å². The second-order valence-corrected chi connectivity index (χ2v) is 6.30. The van der Waals surface area contributed by atoms with Crippen LogP contribution in [0, 0.1) is 0 Å². The predicted octanol–water partition coefficient (Wildman–Crippen LogP) is 3.42. The second-order valence-electron chi connectivity index (χ2n) is 4.91. The van der Waals surface area contributed by atoms with Crippen molar-refractivity contribution in [1.29, 1.82) is 0 Å². The molecule has 126 valence electrons. The van der Waals surface area contributed by atoms with Gasteiger partial charge in [0.05, 0.1) is 11.4 Å². The molecule has 3 rings (SSSR count). The molecule has 0 amide bonds. The fourth-order valence-electron chi connectivity index (χ4n) is 1.91. The van der Waals surface area contributed by atoms with Crippen LogP contribution in [0.3, 0.4) is 0 Å². The lowest BCUT2D eigenvalue weighted by Crippen LogP contribution is -2.10. The van der Waals surface area contributed by atoms with Crippen LogP contribution in [-0.2, 0) is 4.79 Å². The van der Waals surface area contributed by atoms with Crippen LogP contribution in [0.25, 0.3) is 5.69 Å². The molecule has 0 saturated heterocycles. The number of carbonyl (C=O) groups is 1. The van der Waals surface area contributed by atoms with Crippen LogP contribution in [0.15, 0.2) is 64.9 Å². The number of Topliss-reactive ketones (excluding diaryl/α,β-unsaturated/α-hetero) is 1. The van der Waals surface area contributed by atoms with Gasteiger partial charge in [0.1, 0.15) is 0 Å². The number of thioether (sulfide) groups is 1. The number of carbonyl (C=O) groups excluding carboxylic acids is 1. The largest absolute Gasteiger partial charge is 0.292 e. The molecule has 0 saturated carbocycles. The van der Waals surface area contributed by atoms with Gasteiger partial charge in [0, 0.05) is 11.9 Å². The van der Waals surface area contributed by atoms with Gasteiger partial charge in [0.25, 0.3) is 0 Å². The summed E-state index contributed by atoms with van der Waals surface area (Å²) in [4.78, 5) is 11.9. The Labute approximate surface area is 153 Å². The van der Waals surface area contributed by atoms with Crippen molar-refractivity contribution in [3.63, 3.8) is 0 Å². The highest BCUT2D eigenvalue weighted by Gasteiger charge is 2.16. The number of para-hydroxylation sites is 1. The zero-order valence-electron chi connectivity index (χ0n) is 13.1. The number of nitrogens with one attached hydrogen (secondary N) is 1. The minimum absolute atomic E-state index is 0.206. The van der Waals surface area contributed by atoms with Crippen LogP contribution in [0.1, 0.15) is 6.92 Å². The number of benzene rings is 2. The molecule has 0 aliphatic carbocycles. The molecule has 2 aromatic carbocycles. The number of halogens is 1. The first kappa shape index (κ1) is 17.1. The zero-order valence-corrected chi connectivity index (χ0v) is 14.7. The molecular weight excluding hydrogens is 360 g/mol. The Morgan fingerprint density at radius 2 is 2.00 bits per heavy atom. The van der Waals surface area contributed by atoms with Crippen molar-refractivity contribution >= 4 is 39.9 Å². The molecular formula is C16H13ClN6OS. The molecule has 7 nitrogen and oxygen atoms in total. The normalized spacial score (nSPS) is 11.4. The third-order valence-electron chi connectivity index (χ3n) is 3.04. The van der Waals surface area contributed by atoms with Gasteiger partial charge in [-0.3, -0.25) is 10.2 Å². The number of hydrogen-bond acceptors (Lipinski definition) is 7. The molecule has 0 fully saturated rings. The summed E-state index contributed by atoms with van der Waals surface area (Å²) in [6, 6.07) is 16.5. The third kappa shape index (κ3) is 4.43. The maximum atomic E-state index is 11.9. The minimum Gasteiger partial charge on any atom is -0.292 e. The van der Waals surface area contributed by atoms with Crippen LogP contribution >= 0.6 is 23.4 Å². The zero-order chi connectivity index (χ0) is 17.6. The van der Waals surface area contributed by atoms with Crippen LogP contribution < -0.4 is 5.43 Å². The van der Waals surface area contributed by atoms with E-state index in [4.69, 9.17) is 11.6 Å². The van der Waals surface area contributed by atoms with Gasteiger partial charge in [-0.15, -0.1) is 5.10 Å². The SMILES string of the molecule is CC(=O)C(=NNc1cccc(Cl)c1)Sc1nnnn1-c1ccccc1. The summed E-state index contributed by atoms with van der Waals surface area (Å²) in [6.07, 6.45) is 0. The highest BCUT2D eigenvalue weighted by atomic mass is 35.5. The van der Waals surface area contributed by atoms with E-state index in [0.717, 1.165) is 17.4 Å². The lowest BCUT2D eigenvalue weighted by molar-refractivity contribution is -0.110. The van der Waals surface area contributed by atoms with Crippen LogP contribution in [0.2, 0.25) is 5.02 Å². The van der Waals surface area contributed by atoms with E-state index in [0.29, 0.717) is 15.9 Å². The van der Waals surface area contributed by atoms with Crippen molar-refractivity contribution in [2.75, 3.05) is 5.43 Å². The van der Waals surface area contributed by atoms with E-state index < -0.39 is 0 Å². The van der Waals surface area contributed by atoms with Crippen LogP contribution in [0.5, 0.6) is 0 Å². The van der Waals surface area contributed by atoms with Crippen molar-refractivity contribution in [2.45, 2.75) is 12.1 Å². The van der Waals surface area contributed by atoms with Gasteiger partial charge >= 0.3 is 0 Å². The van der Waals surface area contributed by atoms with Gasteiger partial charge in [-0.1, -0.05) is 35.9 Å². The number of ketones is 1. The summed E-state index contributed by atoms with van der Waals surface area (Å²) >= 11 is 7.02. The first-order chi connectivity index (χ1) is 12.1. The molecule has 25 heavy (non-hydrogen) atoms. The molecule has 9 heteroatoms. The topological polar surface area (TPSA) is 85.1 Å². The smallest absolute Gasteiger partial charge is 0.220 e. The van der Waals surface area contributed by atoms with Crippen LogP contribution in [-0.4, -0.2) is 31.0 Å². The molecule has 0 bridgehead atoms. The lowest BCUT2D eigenvalue weighted by Gasteiger charge is -2.06. The Morgan fingerprint density at radius 1 is 1.20 bits per heavy atom. The average molecular weight is 373 g/mol. The Balaban J connectivity index is 1.83. The van der Waals surface area contributed by atoms with Crippen molar-refractivity contribution in [3.8, 4) is 5.69 Å². The summed E-state index contributed by atoms with van der Waals surface area (Å²) in [5.41, 5.74) is 4.29. The number of tetrazole rings is 1. The average Bonchev–Trinajstić information content (AvgIpc) is 3.07. The molecule has 0 spiro atoms. The van der Waals surface area contributed by atoms with Gasteiger partial charge in [-0.05, 0) is 52.5 Å². The summed E-state index contributed by atoms with van der Waals surface area (Å²) in [5, 5.41) is 17.0. The lowest BCUT2D eigenvalue weighted by atomic mass is 10.3. The fraction of sp³-hybridized carbons (Fsp3) is 0.0625. The molecule has 3 aromatic rings. The van der Waals surface area contributed by atoms with E-state index in [1.165, 1.54) is 6.92 Å². The number of nitrogens with zero attached hydrogens (tertiary/aromatic N) is 5. The maximum absolute atomic E-state index is 11.9. The molecule has 0 unspecified atom stereocenters. The van der Waals surface area contributed by atoms with Crippen molar-refractivity contribution in [2.24, 2.45) is 5.10 Å². The first-order valence-corrected chi connectivity index (χ1v) is 8.45. The summed E-state index contributed by atoms with van der Waals surface area (Å²) in [7, 11) is 0. The number of hydrogen-bond donors (Lipinski definition) is 1. The molecule has 0 aliphatic heterocycles. The van der Waals surface area contributed by atoms with Crippen molar-refractivity contribution < 1.29 is 4.79 Å². The molecule has 0 atom stereocenters. The van der Waals surface area contributed by atoms with E-state index in [2.05, 4.69) is 26.1 Å². The van der Waals surface area contributed by atoms with Crippen molar-refractivity contribution in [1.82, 2.24) is 20.2 Å². The molecule has 1 N–H and O–H groups in total. The van der Waals surface area contributed by atoms with E-state index in [1.807, 2.05) is 30.3 Å². The number of rotatable bonds is 5. The quantitative estimate of drug-likeness (QED) is 0.319. The number of anilines is 1. The van der Waals surface area contributed by atoms with Gasteiger partial charge in [-0.2, -0.15) is 9.78 Å². The summed E-state index contributed by atoms with van der Waals surface area (Å²) in [6.45, 7) is 1.43. The monoisotopic (exact) mass is 372 g/mol. The van der Waals surface area contributed by atoms with E-state index in [9.17, 15) is 4.79 Å². The number of hydrazone groups is 1. The van der Waals surface area contributed by atoms with Gasteiger partial charge in [0.2, 0.25) is 5.16 Å². The summed E-state index contributed by atoms with van der Waals surface area (Å²) in [5.74, 6) is -0.206. The predicted molar refractivity (Wildman–Crippen MR) is 98.2 cm³/mol. The van der Waals surface area contributed by atoms with Gasteiger partial charge < -0.3 is 0 Å². The Morgan fingerprint density at radius 3 is 2.72 bits per heavy atom. The van der Waals surface area contributed by atoms with Crippen LogP contribution in [0.4, 0.5) is 5.69 Å². The number of aromatic nitrogens is 4. The Hall–Kier alpha value is -2.71. The van der Waals surface area contributed by atoms with E-state index in [-0.39, 0.29) is 10.8 Å². The second kappa shape index (κ2) is 7.91. The fourth-order valence-corrected chi connectivity index (χ4v) is 2.81. The third-order valence-corrected chi connectivity index (χ3v) is 4.29. The Kier molecular flexibility index (Phi) is 5.42. The van der Waals surface area contributed by atoms with E-state index in [1.54, 1.807) is 28.9 Å². The maximum Gasteiger partial charge on any atom is 0.220 e. The summed E-state index contributed by atoms with van der Waals surface area (Å²) < 4.78 is 1.54. The first-order valence-electron chi connectivity index (χ1n) is 7.25. The van der Waals surface area contributed by atoms with Crippen molar-refractivity contribution in [3.05, 3.63) is 59.6 Å². The minimum atomic E-state index is -0.206. The molecule has 0 aliphatic rings. The molecule has 1 aromatic heterocycles. The highest BCUT2D eigenvalue weighted by Crippen LogP contribution is 2.21. The standard InChI is InChI=1S/C16H13ClN6OS/c1-11(24)15(19-18-13-7-5-6-12(17)10-13)25-16-20-21-22-23(16)14-8-3-2-4-9-14/h2-10,18H,1H3. The van der Waals surface area contributed by atoms with Gasteiger partial charge in [-0.25, -0.2) is 0 Å². The molecule has 0 radical (unpaired) electrons.